The van der Waals surface area contributed by atoms with Crippen LogP contribution in [0.1, 0.15) is 50.4 Å². The summed E-state index contributed by atoms with van der Waals surface area (Å²) >= 11 is 0. The van der Waals surface area contributed by atoms with Crippen molar-refractivity contribution in [2.45, 2.75) is 40.0 Å². The second-order valence-electron chi connectivity index (χ2n) is 7.30. The zero-order valence-corrected chi connectivity index (χ0v) is 16.4. The van der Waals surface area contributed by atoms with E-state index in [2.05, 4.69) is 27.8 Å². The minimum absolute atomic E-state index is 0.221. The van der Waals surface area contributed by atoms with E-state index in [1.807, 2.05) is 0 Å². The molecule has 2 rings (SSSR count). The first-order valence-electron chi connectivity index (χ1n) is 9.54. The highest BCUT2D eigenvalue weighted by Gasteiger charge is 2.15. The zero-order chi connectivity index (χ0) is 19.8. The van der Waals surface area contributed by atoms with Gasteiger partial charge in [0.2, 0.25) is 11.8 Å². The van der Waals surface area contributed by atoms with Gasteiger partial charge in [-0.1, -0.05) is 6.92 Å². The number of hydrogen-bond acceptors (Lipinski definition) is 4. The van der Waals surface area contributed by atoms with E-state index in [1.165, 1.54) is 26.7 Å². The molecule has 0 unspecified atom stereocenters. The van der Waals surface area contributed by atoms with Crippen LogP contribution in [0.25, 0.3) is 0 Å². The number of likely N-dealkylation sites (tertiary alicyclic amines) is 1. The van der Waals surface area contributed by atoms with Crippen LogP contribution in [0.4, 0.5) is 11.4 Å². The predicted molar refractivity (Wildman–Crippen MR) is 107 cm³/mol. The van der Waals surface area contributed by atoms with Crippen molar-refractivity contribution >= 4 is 29.1 Å². The number of nitrogens with one attached hydrogen (secondary N) is 3. The highest BCUT2D eigenvalue weighted by atomic mass is 16.2. The van der Waals surface area contributed by atoms with Crippen molar-refractivity contribution in [2.24, 2.45) is 5.92 Å². The lowest BCUT2D eigenvalue weighted by atomic mass is 9.99. The van der Waals surface area contributed by atoms with Crippen molar-refractivity contribution < 1.29 is 14.4 Å². The molecule has 7 heteroatoms. The van der Waals surface area contributed by atoms with Crippen LogP contribution in [0.3, 0.4) is 0 Å². The van der Waals surface area contributed by atoms with Gasteiger partial charge in [0.25, 0.3) is 5.91 Å². The van der Waals surface area contributed by atoms with E-state index in [4.69, 9.17) is 0 Å². The molecule has 3 N–H and O–H groups in total. The van der Waals surface area contributed by atoms with Crippen molar-refractivity contribution in [3.63, 3.8) is 0 Å². The maximum Gasteiger partial charge on any atom is 0.251 e. The Morgan fingerprint density at radius 1 is 1.00 bits per heavy atom. The highest BCUT2D eigenvalue weighted by molar-refractivity contribution is 5.99. The number of anilines is 2. The molecule has 1 fully saturated rings. The lowest BCUT2D eigenvalue weighted by Gasteiger charge is -2.30. The largest absolute Gasteiger partial charge is 0.352 e. The molecule has 0 spiro atoms. The number of carbonyl (C=O) groups excluding carboxylic acids is 3. The van der Waals surface area contributed by atoms with E-state index in [0.29, 0.717) is 23.5 Å². The quantitative estimate of drug-likeness (QED) is 0.640. The maximum atomic E-state index is 12.5. The van der Waals surface area contributed by atoms with Gasteiger partial charge in [0.05, 0.1) is 0 Å². The molecule has 1 heterocycles. The van der Waals surface area contributed by atoms with Crippen LogP contribution < -0.4 is 16.0 Å². The van der Waals surface area contributed by atoms with Gasteiger partial charge in [-0.2, -0.15) is 0 Å². The Balaban J connectivity index is 1.89. The monoisotopic (exact) mass is 374 g/mol. The van der Waals surface area contributed by atoms with E-state index in [1.54, 1.807) is 18.2 Å². The third kappa shape index (κ3) is 7.38. The first kappa shape index (κ1) is 20.9. The van der Waals surface area contributed by atoms with Crippen LogP contribution in [0, 0.1) is 5.92 Å². The number of carbonyl (C=O) groups is 3. The lowest BCUT2D eigenvalue weighted by Crippen LogP contribution is -2.35. The van der Waals surface area contributed by atoms with Crippen molar-refractivity contribution in [3.05, 3.63) is 23.8 Å². The minimum Gasteiger partial charge on any atom is -0.352 e. The molecule has 3 amide bonds. The minimum atomic E-state index is -0.239. The normalized spacial score (nSPS) is 15.2. The lowest BCUT2D eigenvalue weighted by molar-refractivity contribution is -0.115. The van der Waals surface area contributed by atoms with E-state index < -0.39 is 0 Å². The molecule has 0 atom stereocenters. The van der Waals surface area contributed by atoms with Crippen LogP contribution in [0.2, 0.25) is 0 Å². The third-order valence-corrected chi connectivity index (χ3v) is 4.65. The summed E-state index contributed by atoms with van der Waals surface area (Å²) in [4.78, 5) is 37.5. The van der Waals surface area contributed by atoms with Gasteiger partial charge in [0.15, 0.2) is 0 Å². The Kier molecular flexibility index (Phi) is 7.79. The van der Waals surface area contributed by atoms with Crippen molar-refractivity contribution in [2.75, 3.05) is 36.8 Å². The molecule has 0 aliphatic carbocycles. The summed E-state index contributed by atoms with van der Waals surface area (Å²) in [6, 6.07) is 4.83. The summed E-state index contributed by atoms with van der Waals surface area (Å²) in [5.74, 6) is 0.116. The van der Waals surface area contributed by atoms with Gasteiger partial charge in [-0.25, -0.2) is 0 Å². The van der Waals surface area contributed by atoms with Crippen molar-refractivity contribution in [3.8, 4) is 0 Å². The Bertz CT molecular complexity index is 648. The average Bonchev–Trinajstić information content (AvgIpc) is 2.58. The second kappa shape index (κ2) is 10.1. The predicted octanol–water partition coefficient (Wildman–Crippen LogP) is 2.46. The fourth-order valence-corrected chi connectivity index (χ4v) is 3.20. The van der Waals surface area contributed by atoms with Gasteiger partial charge in [-0.15, -0.1) is 0 Å². The van der Waals surface area contributed by atoms with Gasteiger partial charge >= 0.3 is 0 Å². The Labute approximate surface area is 160 Å². The average molecular weight is 374 g/mol. The summed E-state index contributed by atoms with van der Waals surface area (Å²) in [5.41, 5.74) is 1.35. The molecule has 148 valence electrons. The molecule has 0 saturated carbocycles. The highest BCUT2D eigenvalue weighted by Crippen LogP contribution is 2.20. The van der Waals surface area contributed by atoms with Crippen LogP contribution in [-0.2, 0) is 9.59 Å². The number of hydrogen-bond donors (Lipinski definition) is 3. The first-order chi connectivity index (χ1) is 12.8. The molecule has 1 aliphatic rings. The molecular weight excluding hydrogens is 344 g/mol. The second-order valence-corrected chi connectivity index (χ2v) is 7.30. The number of benzene rings is 1. The van der Waals surface area contributed by atoms with Gasteiger partial charge in [-0.3, -0.25) is 14.4 Å². The fourth-order valence-electron chi connectivity index (χ4n) is 3.20. The number of amides is 3. The van der Waals surface area contributed by atoms with Crippen LogP contribution in [0.15, 0.2) is 18.2 Å². The molecule has 7 nitrogen and oxygen atoms in total. The van der Waals surface area contributed by atoms with Gasteiger partial charge in [0, 0.05) is 37.3 Å². The third-order valence-electron chi connectivity index (χ3n) is 4.65. The van der Waals surface area contributed by atoms with Crippen molar-refractivity contribution in [1.82, 2.24) is 10.2 Å². The summed E-state index contributed by atoms with van der Waals surface area (Å²) in [6.45, 7) is 8.92. The topological polar surface area (TPSA) is 90.5 Å². The maximum absolute atomic E-state index is 12.5. The summed E-state index contributed by atoms with van der Waals surface area (Å²) in [7, 11) is 0. The molecule has 0 bridgehead atoms. The first-order valence-corrected chi connectivity index (χ1v) is 9.54. The standard InChI is InChI=1S/C20H30N4O3/c1-14-5-9-24(10-6-14)8-4-7-21-20(27)17-11-18(22-15(2)25)13-19(12-17)23-16(3)26/h11-14H,4-10H2,1-3H3,(H,21,27)(H,22,25)(H,23,26). The Morgan fingerprint density at radius 3 is 2.07 bits per heavy atom. The molecule has 0 radical (unpaired) electrons. The van der Waals surface area contributed by atoms with E-state index in [9.17, 15) is 14.4 Å². The Morgan fingerprint density at radius 2 is 1.56 bits per heavy atom. The van der Waals surface area contributed by atoms with E-state index in [0.717, 1.165) is 32.0 Å². The van der Waals surface area contributed by atoms with Crippen LogP contribution in [-0.4, -0.2) is 48.8 Å². The molecular formula is C20H30N4O3. The van der Waals surface area contributed by atoms with Gasteiger partial charge in [-0.05, 0) is 63.0 Å². The van der Waals surface area contributed by atoms with E-state index in [-0.39, 0.29) is 17.7 Å². The Hall–Kier alpha value is -2.41. The molecule has 27 heavy (non-hydrogen) atoms. The van der Waals surface area contributed by atoms with Crippen LogP contribution >= 0.6 is 0 Å². The molecule has 0 aromatic heterocycles. The molecule has 1 aromatic rings. The van der Waals surface area contributed by atoms with Gasteiger partial charge in [0.1, 0.15) is 0 Å². The number of piperidine rings is 1. The summed E-state index contributed by atoms with van der Waals surface area (Å²) in [6.07, 6.45) is 3.38. The molecule has 1 aromatic carbocycles. The van der Waals surface area contributed by atoms with Gasteiger partial charge < -0.3 is 20.9 Å². The number of rotatable bonds is 7. The number of nitrogens with zero attached hydrogens (tertiary/aromatic N) is 1. The SMILES string of the molecule is CC(=O)Nc1cc(NC(C)=O)cc(C(=O)NCCCN2CCC(C)CC2)c1. The van der Waals surface area contributed by atoms with Crippen molar-refractivity contribution in [1.29, 1.82) is 0 Å². The molecule has 1 aliphatic heterocycles. The summed E-state index contributed by atoms with van der Waals surface area (Å²) < 4.78 is 0. The van der Waals surface area contributed by atoms with E-state index >= 15 is 0 Å². The molecule has 1 saturated heterocycles. The fraction of sp³-hybridized carbons (Fsp3) is 0.550. The van der Waals surface area contributed by atoms with Crippen LogP contribution in [0.5, 0.6) is 0 Å². The smallest absolute Gasteiger partial charge is 0.251 e. The zero-order valence-electron chi connectivity index (χ0n) is 16.4. The summed E-state index contributed by atoms with van der Waals surface area (Å²) in [5, 5.41) is 8.22.